The molecule has 7 nitrogen and oxygen atoms in total. The van der Waals surface area contributed by atoms with Crippen LogP contribution in [0.1, 0.15) is 19.3 Å². The minimum Gasteiger partial charge on any atom is -0.378 e. The largest absolute Gasteiger partial charge is 0.378 e. The van der Waals surface area contributed by atoms with Gasteiger partial charge in [0, 0.05) is 51.4 Å². The number of rotatable bonds is 6. The number of hydrogen-bond acceptors (Lipinski definition) is 6. The normalized spacial score (nSPS) is 21.7. The van der Waals surface area contributed by atoms with Gasteiger partial charge in [0.25, 0.3) is 0 Å². The molecule has 2 aliphatic rings. The van der Waals surface area contributed by atoms with Gasteiger partial charge in [-0.3, -0.25) is 4.79 Å². The maximum Gasteiger partial charge on any atom is 0.224 e. The van der Waals surface area contributed by atoms with Crippen molar-refractivity contribution in [3.63, 3.8) is 0 Å². The summed E-state index contributed by atoms with van der Waals surface area (Å²) in [5.74, 6) is 1.17. The summed E-state index contributed by atoms with van der Waals surface area (Å²) in [7, 11) is 0. The van der Waals surface area contributed by atoms with E-state index in [4.69, 9.17) is 4.74 Å². The van der Waals surface area contributed by atoms with Crippen LogP contribution in [-0.2, 0) is 9.53 Å². The quantitative estimate of drug-likeness (QED) is 0.760. The first-order chi connectivity index (χ1) is 11.3. The van der Waals surface area contributed by atoms with E-state index in [0.29, 0.717) is 25.7 Å². The first kappa shape index (κ1) is 16.1. The fourth-order valence-corrected chi connectivity index (χ4v) is 3.23. The van der Waals surface area contributed by atoms with Crippen molar-refractivity contribution in [1.82, 2.24) is 20.4 Å². The van der Waals surface area contributed by atoms with E-state index in [1.165, 1.54) is 6.42 Å². The summed E-state index contributed by atoms with van der Waals surface area (Å²) >= 11 is 0. The summed E-state index contributed by atoms with van der Waals surface area (Å²) in [6.45, 7) is 5.40. The van der Waals surface area contributed by atoms with Crippen LogP contribution in [0.25, 0.3) is 0 Å². The molecule has 1 amide bonds. The molecule has 0 spiro atoms. The Kier molecular flexibility index (Phi) is 5.76. The van der Waals surface area contributed by atoms with Gasteiger partial charge in [0.05, 0.1) is 13.2 Å². The van der Waals surface area contributed by atoms with Crippen LogP contribution in [-0.4, -0.2) is 73.0 Å². The van der Waals surface area contributed by atoms with Gasteiger partial charge in [-0.05, 0) is 25.0 Å². The lowest BCUT2D eigenvalue weighted by atomic mass is 10.2. The average molecular weight is 319 g/mol. The number of amides is 1. The standard InChI is InChI=1S/C16H25N5O2/c22-16(20-9-11-23-12-10-20)5-7-17-13-14-3-2-8-21(14)15-4-1-6-18-19-15/h1,4,6,14,17H,2-3,5,7-13H2/t14-/m1/s1. The first-order valence-corrected chi connectivity index (χ1v) is 8.45. The van der Waals surface area contributed by atoms with Crippen molar-refractivity contribution in [2.24, 2.45) is 0 Å². The molecule has 0 saturated carbocycles. The van der Waals surface area contributed by atoms with E-state index in [-0.39, 0.29) is 5.91 Å². The summed E-state index contributed by atoms with van der Waals surface area (Å²) in [5, 5.41) is 11.6. The van der Waals surface area contributed by atoms with Gasteiger partial charge in [0.1, 0.15) is 0 Å². The number of morpholine rings is 1. The lowest BCUT2D eigenvalue weighted by molar-refractivity contribution is -0.135. The lowest BCUT2D eigenvalue weighted by Gasteiger charge is -2.27. The number of carbonyl (C=O) groups excluding carboxylic acids is 1. The molecular formula is C16H25N5O2. The molecule has 0 aliphatic carbocycles. The van der Waals surface area contributed by atoms with E-state index in [1.54, 1.807) is 6.20 Å². The van der Waals surface area contributed by atoms with Gasteiger partial charge in [0.15, 0.2) is 5.82 Å². The Labute approximate surface area is 137 Å². The summed E-state index contributed by atoms with van der Waals surface area (Å²) < 4.78 is 5.27. The molecule has 2 saturated heterocycles. The van der Waals surface area contributed by atoms with Gasteiger partial charge in [-0.15, -0.1) is 5.10 Å². The van der Waals surface area contributed by atoms with Crippen molar-refractivity contribution < 1.29 is 9.53 Å². The molecule has 0 unspecified atom stereocenters. The molecule has 2 fully saturated rings. The Bertz CT molecular complexity index is 493. The van der Waals surface area contributed by atoms with Crippen LogP contribution in [0.15, 0.2) is 18.3 Å². The Hall–Kier alpha value is -1.73. The van der Waals surface area contributed by atoms with E-state index in [1.807, 2.05) is 17.0 Å². The zero-order valence-corrected chi connectivity index (χ0v) is 13.5. The molecule has 3 rings (SSSR count). The maximum absolute atomic E-state index is 12.1. The molecule has 1 atom stereocenters. The lowest BCUT2D eigenvalue weighted by Crippen LogP contribution is -2.43. The van der Waals surface area contributed by atoms with Crippen molar-refractivity contribution >= 4 is 11.7 Å². The van der Waals surface area contributed by atoms with Gasteiger partial charge in [-0.1, -0.05) is 0 Å². The van der Waals surface area contributed by atoms with Gasteiger partial charge in [-0.25, -0.2) is 0 Å². The molecule has 2 aliphatic heterocycles. The van der Waals surface area contributed by atoms with Crippen molar-refractivity contribution in [1.29, 1.82) is 0 Å². The number of nitrogens with zero attached hydrogens (tertiary/aromatic N) is 4. The highest BCUT2D eigenvalue weighted by Gasteiger charge is 2.25. The minimum atomic E-state index is 0.220. The van der Waals surface area contributed by atoms with E-state index in [9.17, 15) is 4.79 Å². The molecule has 126 valence electrons. The second kappa shape index (κ2) is 8.21. The van der Waals surface area contributed by atoms with Crippen LogP contribution in [0.3, 0.4) is 0 Å². The van der Waals surface area contributed by atoms with E-state index < -0.39 is 0 Å². The van der Waals surface area contributed by atoms with Gasteiger partial charge in [-0.2, -0.15) is 5.10 Å². The van der Waals surface area contributed by atoms with E-state index in [2.05, 4.69) is 20.4 Å². The monoisotopic (exact) mass is 319 g/mol. The van der Waals surface area contributed by atoms with Crippen LogP contribution in [0.2, 0.25) is 0 Å². The third kappa shape index (κ3) is 4.39. The first-order valence-electron chi connectivity index (χ1n) is 8.45. The maximum atomic E-state index is 12.1. The molecule has 0 aromatic carbocycles. The third-order valence-electron chi connectivity index (χ3n) is 4.49. The predicted molar refractivity (Wildman–Crippen MR) is 87.3 cm³/mol. The molecule has 7 heteroatoms. The highest BCUT2D eigenvalue weighted by Crippen LogP contribution is 2.22. The van der Waals surface area contributed by atoms with Gasteiger partial charge in [0.2, 0.25) is 5.91 Å². The van der Waals surface area contributed by atoms with Crippen LogP contribution in [0.4, 0.5) is 5.82 Å². The summed E-state index contributed by atoms with van der Waals surface area (Å²) in [4.78, 5) is 16.3. The molecule has 1 N–H and O–H groups in total. The molecule has 0 bridgehead atoms. The third-order valence-corrected chi connectivity index (χ3v) is 4.49. The zero-order chi connectivity index (χ0) is 15.9. The fraction of sp³-hybridized carbons (Fsp3) is 0.688. The Balaban J connectivity index is 1.39. The second-order valence-corrected chi connectivity index (χ2v) is 6.02. The Morgan fingerprint density at radius 2 is 2.22 bits per heavy atom. The smallest absolute Gasteiger partial charge is 0.224 e. The van der Waals surface area contributed by atoms with Gasteiger partial charge < -0.3 is 19.9 Å². The SMILES string of the molecule is O=C(CCNC[C@H]1CCCN1c1cccnn1)N1CCOCC1. The second-order valence-electron chi connectivity index (χ2n) is 6.02. The molecule has 1 aromatic rings. The van der Waals surface area contributed by atoms with Crippen LogP contribution >= 0.6 is 0 Å². The molecular weight excluding hydrogens is 294 g/mol. The van der Waals surface area contributed by atoms with E-state index >= 15 is 0 Å². The minimum absolute atomic E-state index is 0.220. The van der Waals surface area contributed by atoms with Crippen LogP contribution in [0, 0.1) is 0 Å². The van der Waals surface area contributed by atoms with Gasteiger partial charge >= 0.3 is 0 Å². The number of aromatic nitrogens is 2. The number of carbonyl (C=O) groups is 1. The highest BCUT2D eigenvalue weighted by atomic mass is 16.5. The summed E-state index contributed by atoms with van der Waals surface area (Å²) in [5.41, 5.74) is 0. The molecule has 3 heterocycles. The number of hydrogen-bond donors (Lipinski definition) is 1. The summed E-state index contributed by atoms with van der Waals surface area (Å²) in [6.07, 6.45) is 4.58. The zero-order valence-electron chi connectivity index (χ0n) is 13.5. The van der Waals surface area contributed by atoms with Crippen molar-refractivity contribution in [2.45, 2.75) is 25.3 Å². The highest BCUT2D eigenvalue weighted by molar-refractivity contribution is 5.76. The Morgan fingerprint density at radius 1 is 1.35 bits per heavy atom. The van der Waals surface area contributed by atoms with Crippen molar-refractivity contribution in [3.8, 4) is 0 Å². The van der Waals surface area contributed by atoms with Crippen molar-refractivity contribution in [3.05, 3.63) is 18.3 Å². The number of anilines is 1. The number of ether oxygens (including phenoxy) is 1. The molecule has 0 radical (unpaired) electrons. The summed E-state index contributed by atoms with van der Waals surface area (Å²) in [6, 6.07) is 4.37. The van der Waals surface area contributed by atoms with Crippen molar-refractivity contribution in [2.75, 3.05) is 50.8 Å². The predicted octanol–water partition coefficient (Wildman–Crippen LogP) is 0.284. The fourth-order valence-electron chi connectivity index (χ4n) is 3.23. The van der Waals surface area contributed by atoms with Crippen LogP contribution in [0.5, 0.6) is 0 Å². The Morgan fingerprint density at radius 3 is 3.00 bits per heavy atom. The molecule has 23 heavy (non-hydrogen) atoms. The molecule has 1 aromatic heterocycles. The average Bonchev–Trinajstić information content (AvgIpc) is 3.08. The van der Waals surface area contributed by atoms with E-state index in [0.717, 1.165) is 45.0 Å². The number of nitrogens with one attached hydrogen (secondary N) is 1. The topological polar surface area (TPSA) is 70.6 Å². The van der Waals surface area contributed by atoms with Crippen LogP contribution < -0.4 is 10.2 Å².